The van der Waals surface area contributed by atoms with Gasteiger partial charge in [-0.15, -0.1) is 0 Å². The van der Waals surface area contributed by atoms with E-state index in [1.165, 1.54) is 49.0 Å². The van der Waals surface area contributed by atoms with Crippen molar-refractivity contribution in [2.75, 3.05) is 0 Å². The van der Waals surface area contributed by atoms with Crippen LogP contribution in [0.1, 0.15) is 48.0 Å². The summed E-state index contributed by atoms with van der Waals surface area (Å²) in [5.74, 6) is -1.73. The maximum absolute atomic E-state index is 13.2. The molecule has 1 heterocycles. The van der Waals surface area contributed by atoms with Gasteiger partial charge in [0.2, 0.25) is 0 Å². The number of benzene rings is 2. The molecule has 5 heteroatoms. The summed E-state index contributed by atoms with van der Waals surface area (Å²) in [5, 5.41) is 0. The lowest BCUT2D eigenvalue weighted by Crippen LogP contribution is -2.20. The van der Waals surface area contributed by atoms with Crippen molar-refractivity contribution < 1.29 is 18.3 Å². The first kappa shape index (κ1) is 18.8. The van der Waals surface area contributed by atoms with Gasteiger partial charge in [-0.25, -0.2) is 13.6 Å². The fourth-order valence-corrected chi connectivity index (χ4v) is 6.53. The second-order valence-corrected chi connectivity index (χ2v) is 9.86. The Bertz CT molecular complexity index is 753. The van der Waals surface area contributed by atoms with E-state index in [0.29, 0.717) is 11.7 Å². The van der Waals surface area contributed by atoms with Gasteiger partial charge >= 0.3 is 5.97 Å². The van der Waals surface area contributed by atoms with Gasteiger partial charge in [-0.1, -0.05) is 43.6 Å². The lowest BCUT2D eigenvalue weighted by Gasteiger charge is -2.27. The predicted octanol–water partition coefficient (Wildman–Crippen LogP) is 5.97. The van der Waals surface area contributed by atoms with E-state index >= 15 is 0 Å². The quantitative estimate of drug-likeness (QED) is 0.367. The van der Waals surface area contributed by atoms with Crippen molar-refractivity contribution >= 4 is 14.8 Å². The van der Waals surface area contributed by atoms with Crippen LogP contribution >= 0.6 is 0 Å². The Labute approximate surface area is 154 Å². The van der Waals surface area contributed by atoms with Crippen molar-refractivity contribution in [2.24, 2.45) is 0 Å². The standard InChI is InChI=1S/C21H23F2O2Si/c1-2-11-26-12-9-16(10-13-26)15-3-6-18(7-4-15)25-21(24)17-5-8-19(22)20(23)14-17/h3-8,14,16H,2,9-13H2,1H3. The van der Waals surface area contributed by atoms with Crippen LogP contribution < -0.4 is 4.74 Å². The van der Waals surface area contributed by atoms with E-state index in [-0.39, 0.29) is 14.4 Å². The second-order valence-electron chi connectivity index (χ2n) is 6.86. The van der Waals surface area contributed by atoms with Crippen LogP contribution in [0.2, 0.25) is 18.1 Å². The molecule has 0 aliphatic carbocycles. The van der Waals surface area contributed by atoms with Crippen molar-refractivity contribution in [1.29, 1.82) is 0 Å². The first-order valence-corrected chi connectivity index (χ1v) is 11.3. The average Bonchev–Trinajstić information content (AvgIpc) is 2.65. The molecule has 3 rings (SSSR count). The normalized spacial score (nSPS) is 15.8. The molecule has 1 fully saturated rings. The number of carbonyl (C=O) groups is 1. The zero-order chi connectivity index (χ0) is 18.5. The Morgan fingerprint density at radius 1 is 1.08 bits per heavy atom. The topological polar surface area (TPSA) is 26.3 Å². The third-order valence-corrected chi connectivity index (χ3v) is 8.21. The van der Waals surface area contributed by atoms with E-state index in [4.69, 9.17) is 4.74 Å². The first-order chi connectivity index (χ1) is 12.6. The number of carbonyl (C=O) groups excluding carboxylic acids is 1. The van der Waals surface area contributed by atoms with Crippen molar-refractivity contribution in [3.63, 3.8) is 0 Å². The first-order valence-electron chi connectivity index (χ1n) is 9.17. The van der Waals surface area contributed by atoms with E-state index in [1.54, 1.807) is 12.1 Å². The Morgan fingerprint density at radius 2 is 1.77 bits per heavy atom. The largest absolute Gasteiger partial charge is 0.423 e. The van der Waals surface area contributed by atoms with Crippen LogP contribution in [0, 0.1) is 11.6 Å². The number of hydrogen-bond acceptors (Lipinski definition) is 2. The highest BCUT2D eigenvalue weighted by Crippen LogP contribution is 2.35. The molecule has 0 amide bonds. The van der Waals surface area contributed by atoms with Crippen LogP contribution in [0.15, 0.2) is 42.5 Å². The molecule has 1 radical (unpaired) electrons. The van der Waals surface area contributed by atoms with Crippen molar-refractivity contribution in [3.8, 4) is 5.75 Å². The van der Waals surface area contributed by atoms with E-state index in [2.05, 4.69) is 6.92 Å². The summed E-state index contributed by atoms with van der Waals surface area (Å²) < 4.78 is 31.4. The van der Waals surface area contributed by atoms with E-state index in [0.717, 1.165) is 12.1 Å². The Kier molecular flexibility index (Phi) is 6.19. The van der Waals surface area contributed by atoms with Crippen LogP contribution in [0.25, 0.3) is 0 Å². The van der Waals surface area contributed by atoms with E-state index in [9.17, 15) is 13.6 Å². The number of halogens is 2. The molecule has 0 N–H and O–H groups in total. The Balaban J connectivity index is 1.59. The van der Waals surface area contributed by atoms with Gasteiger partial charge in [0, 0.05) is 8.80 Å². The maximum Gasteiger partial charge on any atom is 0.343 e. The van der Waals surface area contributed by atoms with Crippen LogP contribution in [0.4, 0.5) is 8.78 Å². The van der Waals surface area contributed by atoms with Crippen LogP contribution in [-0.4, -0.2) is 14.8 Å². The minimum absolute atomic E-state index is 0.00846. The molecule has 26 heavy (non-hydrogen) atoms. The molecule has 2 nitrogen and oxygen atoms in total. The molecule has 0 aromatic heterocycles. The molecule has 0 unspecified atom stereocenters. The van der Waals surface area contributed by atoms with Gasteiger partial charge in [-0.05, 0) is 54.7 Å². The predicted molar refractivity (Wildman–Crippen MR) is 100 cm³/mol. The molecular weight excluding hydrogens is 350 g/mol. The number of hydrogen-bond donors (Lipinski definition) is 0. The summed E-state index contributed by atoms with van der Waals surface area (Å²) in [5.41, 5.74) is 1.28. The molecule has 2 aromatic rings. The summed E-state index contributed by atoms with van der Waals surface area (Å²) in [6.07, 6.45) is 3.81. The summed E-state index contributed by atoms with van der Waals surface area (Å²) in [6, 6.07) is 14.8. The zero-order valence-corrected chi connectivity index (χ0v) is 15.9. The van der Waals surface area contributed by atoms with Crippen molar-refractivity contribution in [2.45, 2.75) is 50.2 Å². The van der Waals surface area contributed by atoms with Crippen molar-refractivity contribution in [1.82, 2.24) is 0 Å². The molecule has 1 aliphatic heterocycles. The monoisotopic (exact) mass is 373 g/mol. The van der Waals surface area contributed by atoms with Gasteiger partial charge in [0.15, 0.2) is 11.6 Å². The zero-order valence-electron chi connectivity index (χ0n) is 14.9. The van der Waals surface area contributed by atoms with Gasteiger partial charge in [0.25, 0.3) is 0 Å². The molecule has 1 aliphatic rings. The SMILES string of the molecule is CCC[Si]1CCC(c2ccc(OC(=O)c3ccc(F)c(F)c3)cc2)CC1. The molecular formula is C21H23F2O2Si. The van der Waals surface area contributed by atoms with Gasteiger partial charge in [0.1, 0.15) is 5.75 Å². The molecule has 1 saturated heterocycles. The third-order valence-electron chi connectivity index (χ3n) is 5.01. The lowest BCUT2D eigenvalue weighted by molar-refractivity contribution is 0.0734. The highest BCUT2D eigenvalue weighted by molar-refractivity contribution is 6.59. The summed E-state index contributed by atoms with van der Waals surface area (Å²) in [6.45, 7) is 2.27. The van der Waals surface area contributed by atoms with E-state index in [1.807, 2.05) is 12.1 Å². The van der Waals surface area contributed by atoms with Gasteiger partial charge < -0.3 is 4.74 Å². The molecule has 2 aromatic carbocycles. The molecule has 137 valence electrons. The van der Waals surface area contributed by atoms with Crippen LogP contribution in [0.5, 0.6) is 5.75 Å². The van der Waals surface area contributed by atoms with Crippen LogP contribution in [-0.2, 0) is 0 Å². The van der Waals surface area contributed by atoms with Gasteiger partial charge in [0.05, 0.1) is 5.56 Å². The minimum atomic E-state index is -1.06. The highest BCUT2D eigenvalue weighted by Gasteiger charge is 2.23. The Morgan fingerprint density at radius 3 is 2.38 bits per heavy atom. The lowest BCUT2D eigenvalue weighted by atomic mass is 9.93. The van der Waals surface area contributed by atoms with Crippen molar-refractivity contribution in [3.05, 3.63) is 65.2 Å². The highest BCUT2D eigenvalue weighted by atomic mass is 28.3. The minimum Gasteiger partial charge on any atom is -0.423 e. The third kappa shape index (κ3) is 4.58. The molecule has 0 atom stereocenters. The molecule has 0 bridgehead atoms. The Hall–Kier alpha value is -2.01. The summed E-state index contributed by atoms with van der Waals surface area (Å²) >= 11 is 0. The number of ether oxygens (including phenoxy) is 1. The fourth-order valence-electron chi connectivity index (χ4n) is 3.56. The summed E-state index contributed by atoms with van der Waals surface area (Å²) in [4.78, 5) is 12.1. The summed E-state index contributed by atoms with van der Waals surface area (Å²) in [7, 11) is -0.126. The maximum atomic E-state index is 13.2. The second kappa shape index (κ2) is 8.58. The number of rotatable bonds is 5. The number of esters is 1. The molecule has 0 saturated carbocycles. The smallest absolute Gasteiger partial charge is 0.343 e. The molecule has 0 spiro atoms. The van der Waals surface area contributed by atoms with Gasteiger partial charge in [-0.2, -0.15) is 0 Å². The van der Waals surface area contributed by atoms with Crippen LogP contribution in [0.3, 0.4) is 0 Å². The van der Waals surface area contributed by atoms with Gasteiger partial charge in [-0.3, -0.25) is 0 Å². The average molecular weight is 373 g/mol. The fraction of sp³-hybridized carbons (Fsp3) is 0.381. The van der Waals surface area contributed by atoms with E-state index < -0.39 is 17.6 Å².